The molecule has 0 saturated heterocycles. The average molecular weight is 244 g/mol. The van der Waals surface area contributed by atoms with Gasteiger partial charge in [0.25, 0.3) is 0 Å². The number of thioether (sulfide) groups is 1. The summed E-state index contributed by atoms with van der Waals surface area (Å²) in [6.45, 7) is 5.86. The summed E-state index contributed by atoms with van der Waals surface area (Å²) in [4.78, 5) is 0. The van der Waals surface area contributed by atoms with E-state index in [0.29, 0.717) is 18.2 Å². The molecule has 16 heavy (non-hydrogen) atoms. The summed E-state index contributed by atoms with van der Waals surface area (Å²) >= 11 is 1.52. The van der Waals surface area contributed by atoms with E-state index in [4.69, 9.17) is 0 Å². The van der Waals surface area contributed by atoms with Crippen LogP contribution in [0.4, 0.5) is 0 Å². The van der Waals surface area contributed by atoms with Crippen molar-refractivity contribution in [1.82, 2.24) is 20.1 Å². The van der Waals surface area contributed by atoms with Gasteiger partial charge >= 0.3 is 0 Å². The Morgan fingerprint density at radius 1 is 1.50 bits per heavy atom. The topological polar surface area (TPSA) is 63.0 Å². The van der Waals surface area contributed by atoms with Crippen LogP contribution in [0, 0.1) is 5.92 Å². The molecule has 5 nitrogen and oxygen atoms in total. The van der Waals surface area contributed by atoms with Crippen LogP contribution in [0.25, 0.3) is 0 Å². The summed E-state index contributed by atoms with van der Waals surface area (Å²) < 4.78 is 1.85. The first-order valence-corrected chi connectivity index (χ1v) is 6.43. The Hall–Kier alpha value is -0.590. The highest BCUT2D eigenvalue weighted by Crippen LogP contribution is 2.14. The predicted molar refractivity (Wildman–Crippen MR) is 65.4 cm³/mol. The first-order chi connectivity index (χ1) is 7.59. The molecule has 0 amide bonds. The van der Waals surface area contributed by atoms with Gasteiger partial charge < -0.3 is 15.0 Å². The Balaban J connectivity index is 2.15. The number of aliphatic hydroxyl groups is 1. The van der Waals surface area contributed by atoms with Gasteiger partial charge in [0, 0.05) is 19.3 Å². The van der Waals surface area contributed by atoms with Gasteiger partial charge in [-0.1, -0.05) is 25.6 Å². The van der Waals surface area contributed by atoms with Crippen LogP contribution in [0.5, 0.6) is 0 Å². The fourth-order valence-corrected chi connectivity index (χ4v) is 1.99. The van der Waals surface area contributed by atoms with Crippen LogP contribution >= 0.6 is 11.8 Å². The number of aryl methyl sites for hydroxylation is 1. The average Bonchev–Trinajstić information content (AvgIpc) is 2.60. The molecular formula is C10H20N4OS. The lowest BCUT2D eigenvalue weighted by Gasteiger charge is -2.12. The second-order valence-corrected chi connectivity index (χ2v) is 5.23. The van der Waals surface area contributed by atoms with Gasteiger partial charge in [-0.15, -0.1) is 10.2 Å². The SMILES string of the molecule is CC(C)CNCC(O)CSc1nncn1C. The third kappa shape index (κ3) is 4.96. The molecule has 1 unspecified atom stereocenters. The van der Waals surface area contributed by atoms with E-state index in [1.807, 2.05) is 11.6 Å². The Kier molecular flexibility index (Phi) is 5.79. The molecule has 6 heteroatoms. The summed E-state index contributed by atoms with van der Waals surface area (Å²) in [5, 5.41) is 21.5. The van der Waals surface area contributed by atoms with Crippen LogP contribution in [0.3, 0.4) is 0 Å². The minimum atomic E-state index is -0.347. The fourth-order valence-electron chi connectivity index (χ4n) is 1.17. The highest BCUT2D eigenvalue weighted by molar-refractivity contribution is 7.99. The summed E-state index contributed by atoms with van der Waals surface area (Å²) in [5.74, 6) is 1.25. The van der Waals surface area contributed by atoms with E-state index in [1.54, 1.807) is 6.33 Å². The van der Waals surface area contributed by atoms with E-state index in [9.17, 15) is 5.11 Å². The van der Waals surface area contributed by atoms with Crippen LogP contribution in [0.2, 0.25) is 0 Å². The number of aromatic nitrogens is 3. The Labute approximate surface area is 101 Å². The smallest absolute Gasteiger partial charge is 0.190 e. The number of rotatable bonds is 7. The van der Waals surface area contributed by atoms with Crippen molar-refractivity contribution in [3.63, 3.8) is 0 Å². The highest BCUT2D eigenvalue weighted by Gasteiger charge is 2.08. The molecular weight excluding hydrogens is 224 g/mol. The zero-order valence-corrected chi connectivity index (χ0v) is 10.9. The largest absolute Gasteiger partial charge is 0.391 e. The molecule has 0 aliphatic rings. The van der Waals surface area contributed by atoms with Gasteiger partial charge in [0.05, 0.1) is 6.10 Å². The quantitative estimate of drug-likeness (QED) is 0.684. The molecule has 1 aromatic heterocycles. The summed E-state index contributed by atoms with van der Waals surface area (Å²) in [5.41, 5.74) is 0. The lowest BCUT2D eigenvalue weighted by molar-refractivity contribution is 0.194. The Morgan fingerprint density at radius 2 is 2.25 bits per heavy atom. The van der Waals surface area contributed by atoms with Gasteiger partial charge in [0.1, 0.15) is 6.33 Å². The van der Waals surface area contributed by atoms with Crippen molar-refractivity contribution in [2.45, 2.75) is 25.1 Å². The van der Waals surface area contributed by atoms with E-state index >= 15 is 0 Å². The van der Waals surface area contributed by atoms with E-state index in [0.717, 1.165) is 11.7 Å². The lowest BCUT2D eigenvalue weighted by Crippen LogP contribution is -2.31. The minimum absolute atomic E-state index is 0.347. The molecule has 0 aliphatic carbocycles. The molecule has 0 saturated carbocycles. The third-order valence-corrected chi connectivity index (χ3v) is 3.19. The number of hydrogen-bond donors (Lipinski definition) is 2. The van der Waals surface area contributed by atoms with Gasteiger partial charge in [-0.05, 0) is 12.5 Å². The molecule has 2 N–H and O–H groups in total. The van der Waals surface area contributed by atoms with Gasteiger partial charge in [-0.3, -0.25) is 0 Å². The zero-order valence-electron chi connectivity index (χ0n) is 10.1. The highest BCUT2D eigenvalue weighted by atomic mass is 32.2. The maximum atomic E-state index is 9.71. The maximum absolute atomic E-state index is 9.71. The fraction of sp³-hybridized carbons (Fsp3) is 0.800. The zero-order chi connectivity index (χ0) is 12.0. The molecule has 1 aromatic rings. The molecule has 1 rings (SSSR count). The molecule has 92 valence electrons. The summed E-state index contributed by atoms with van der Waals surface area (Å²) in [7, 11) is 1.89. The van der Waals surface area contributed by atoms with Crippen molar-refractivity contribution in [2.24, 2.45) is 13.0 Å². The van der Waals surface area contributed by atoms with Crippen molar-refractivity contribution in [3.8, 4) is 0 Å². The maximum Gasteiger partial charge on any atom is 0.190 e. The van der Waals surface area contributed by atoms with Crippen LogP contribution in [0.1, 0.15) is 13.8 Å². The van der Waals surface area contributed by atoms with Crippen molar-refractivity contribution in [2.75, 3.05) is 18.8 Å². The molecule has 1 heterocycles. The summed E-state index contributed by atoms with van der Waals surface area (Å²) in [6.07, 6.45) is 1.31. The lowest BCUT2D eigenvalue weighted by atomic mass is 10.2. The molecule has 0 fully saturated rings. The number of nitrogens with zero attached hydrogens (tertiary/aromatic N) is 3. The minimum Gasteiger partial charge on any atom is -0.391 e. The first-order valence-electron chi connectivity index (χ1n) is 5.45. The van der Waals surface area contributed by atoms with E-state index < -0.39 is 0 Å². The van der Waals surface area contributed by atoms with Crippen LogP contribution in [-0.2, 0) is 7.05 Å². The van der Waals surface area contributed by atoms with Crippen LogP contribution < -0.4 is 5.32 Å². The molecule has 0 aromatic carbocycles. The molecule has 0 spiro atoms. The molecule has 0 bridgehead atoms. The normalized spacial score (nSPS) is 13.3. The summed E-state index contributed by atoms with van der Waals surface area (Å²) in [6, 6.07) is 0. The van der Waals surface area contributed by atoms with Gasteiger partial charge in [0.15, 0.2) is 5.16 Å². The molecule has 0 aliphatic heterocycles. The second-order valence-electron chi connectivity index (χ2n) is 4.24. The second kappa shape index (κ2) is 6.88. The Morgan fingerprint density at radius 3 is 2.81 bits per heavy atom. The monoisotopic (exact) mass is 244 g/mol. The Bertz CT molecular complexity index is 303. The number of hydrogen-bond acceptors (Lipinski definition) is 5. The van der Waals surface area contributed by atoms with E-state index in [1.165, 1.54) is 11.8 Å². The van der Waals surface area contributed by atoms with Crippen molar-refractivity contribution in [1.29, 1.82) is 0 Å². The molecule has 0 radical (unpaired) electrons. The molecule has 1 atom stereocenters. The van der Waals surface area contributed by atoms with Crippen LogP contribution in [0.15, 0.2) is 11.5 Å². The first kappa shape index (κ1) is 13.5. The standard InChI is InChI=1S/C10H20N4OS/c1-8(2)4-11-5-9(15)6-16-10-13-12-7-14(10)3/h7-9,11,15H,4-6H2,1-3H3. The van der Waals surface area contributed by atoms with Crippen molar-refractivity contribution >= 4 is 11.8 Å². The van der Waals surface area contributed by atoms with Gasteiger partial charge in [-0.25, -0.2) is 0 Å². The van der Waals surface area contributed by atoms with E-state index in [2.05, 4.69) is 29.4 Å². The predicted octanol–water partition coefficient (Wildman–Crippen LogP) is 0.514. The van der Waals surface area contributed by atoms with Crippen molar-refractivity contribution in [3.05, 3.63) is 6.33 Å². The van der Waals surface area contributed by atoms with Crippen LogP contribution in [-0.4, -0.2) is 44.8 Å². The van der Waals surface area contributed by atoms with Gasteiger partial charge in [-0.2, -0.15) is 0 Å². The third-order valence-electron chi connectivity index (χ3n) is 2.01. The number of nitrogens with one attached hydrogen (secondary N) is 1. The van der Waals surface area contributed by atoms with E-state index in [-0.39, 0.29) is 6.10 Å². The van der Waals surface area contributed by atoms with Crippen molar-refractivity contribution < 1.29 is 5.11 Å². The van der Waals surface area contributed by atoms with Gasteiger partial charge in [0.2, 0.25) is 0 Å². The number of aliphatic hydroxyl groups excluding tert-OH is 1.